The van der Waals surface area contributed by atoms with E-state index in [1.54, 1.807) is 40.1 Å². The summed E-state index contributed by atoms with van der Waals surface area (Å²) in [6, 6.07) is 1.93. The molecule has 4 rings (SSSR count). The van der Waals surface area contributed by atoms with Crippen molar-refractivity contribution >= 4 is 29.4 Å². The van der Waals surface area contributed by atoms with Crippen LogP contribution in [-0.2, 0) is 4.79 Å². The summed E-state index contributed by atoms with van der Waals surface area (Å²) in [4.78, 5) is 42.9. The van der Waals surface area contributed by atoms with Crippen LogP contribution in [0.2, 0.25) is 0 Å². The second kappa shape index (κ2) is 8.17. The molecule has 0 atom stereocenters. The second-order valence-corrected chi connectivity index (χ2v) is 8.02. The first-order valence-electron chi connectivity index (χ1n) is 9.36. The number of imidazole rings is 1. The van der Waals surface area contributed by atoms with Crippen LogP contribution >= 0.6 is 11.8 Å². The van der Waals surface area contributed by atoms with Crippen molar-refractivity contribution in [2.24, 2.45) is 0 Å². The minimum absolute atomic E-state index is 0.0447. The highest BCUT2D eigenvalue weighted by Gasteiger charge is 2.24. The van der Waals surface area contributed by atoms with Crippen LogP contribution in [0.1, 0.15) is 17.4 Å². The maximum absolute atomic E-state index is 12.7. The van der Waals surface area contributed by atoms with Crippen molar-refractivity contribution in [3.8, 4) is 5.82 Å². The molecule has 2 aliphatic heterocycles. The van der Waals surface area contributed by atoms with Crippen molar-refractivity contribution in [1.29, 1.82) is 0 Å². The van der Waals surface area contributed by atoms with Crippen LogP contribution in [0.5, 0.6) is 0 Å². The number of hydrogen-bond donors (Lipinski definition) is 0. The first-order chi connectivity index (χ1) is 13.6. The van der Waals surface area contributed by atoms with Crippen LogP contribution in [0.25, 0.3) is 5.82 Å². The quantitative estimate of drug-likeness (QED) is 0.741. The molecule has 0 aromatic carbocycles. The molecule has 9 nitrogen and oxygen atoms in total. The molecule has 2 aliphatic rings. The highest BCUT2D eigenvalue weighted by atomic mass is 32.2. The fourth-order valence-electron chi connectivity index (χ4n) is 3.39. The lowest BCUT2D eigenvalue weighted by Gasteiger charge is -2.33. The minimum Gasteiger partial charge on any atom is -0.355 e. The molecule has 0 aliphatic carbocycles. The fourth-order valence-corrected chi connectivity index (χ4v) is 4.29. The Morgan fingerprint density at radius 3 is 2.32 bits per heavy atom. The van der Waals surface area contributed by atoms with E-state index in [2.05, 4.69) is 19.9 Å². The van der Waals surface area contributed by atoms with Gasteiger partial charge in [-0.1, -0.05) is 0 Å². The average molecular weight is 401 g/mol. The van der Waals surface area contributed by atoms with E-state index in [1.165, 1.54) is 0 Å². The zero-order chi connectivity index (χ0) is 19.5. The van der Waals surface area contributed by atoms with Gasteiger partial charge in [0.15, 0.2) is 0 Å². The Balaban J connectivity index is 1.46. The molecule has 0 bridgehead atoms. The summed E-state index contributed by atoms with van der Waals surface area (Å²) in [6.07, 6.45) is 4.87. The van der Waals surface area contributed by atoms with Crippen molar-refractivity contribution in [3.05, 3.63) is 30.6 Å². The van der Waals surface area contributed by atoms with Crippen LogP contribution < -0.4 is 4.90 Å². The number of anilines is 1. The number of rotatable bonds is 3. The van der Waals surface area contributed by atoms with Crippen LogP contribution in [0.3, 0.4) is 0 Å². The van der Waals surface area contributed by atoms with Gasteiger partial charge in [0.25, 0.3) is 5.91 Å². The Hall–Kier alpha value is -2.62. The topological polar surface area (TPSA) is 87.5 Å². The zero-order valence-electron chi connectivity index (χ0n) is 15.8. The molecule has 0 radical (unpaired) electrons. The molecule has 2 aromatic heterocycles. The third-order valence-electron chi connectivity index (χ3n) is 5.05. The summed E-state index contributed by atoms with van der Waals surface area (Å²) in [5.41, 5.74) is 0.380. The van der Waals surface area contributed by atoms with Crippen LogP contribution in [0, 0.1) is 0 Å². The number of piperazine rings is 1. The Morgan fingerprint density at radius 1 is 0.929 bits per heavy atom. The van der Waals surface area contributed by atoms with E-state index in [1.807, 2.05) is 17.8 Å². The standard InChI is InChI=1S/C18H23N7O2S/c1-14(26)22-2-4-24(5-3-22)18(27)15-11-25(13-21-15)17-10-16(19-12-20-17)23-6-8-28-9-7-23/h10-13H,2-9H2,1H3. The summed E-state index contributed by atoms with van der Waals surface area (Å²) in [5.74, 6) is 3.70. The molecule has 0 N–H and O–H groups in total. The van der Waals surface area contributed by atoms with Crippen molar-refractivity contribution in [3.63, 3.8) is 0 Å². The average Bonchev–Trinajstić information content (AvgIpc) is 3.24. The minimum atomic E-state index is -0.121. The largest absolute Gasteiger partial charge is 0.355 e. The molecular formula is C18H23N7O2S. The van der Waals surface area contributed by atoms with Gasteiger partial charge in [0.2, 0.25) is 5.91 Å². The molecule has 0 unspecified atom stereocenters. The van der Waals surface area contributed by atoms with Crippen molar-refractivity contribution in [1.82, 2.24) is 29.3 Å². The maximum atomic E-state index is 12.7. The predicted molar refractivity (Wildman–Crippen MR) is 107 cm³/mol. The molecule has 2 aromatic rings. The van der Waals surface area contributed by atoms with E-state index < -0.39 is 0 Å². The number of amides is 2. The van der Waals surface area contributed by atoms with Gasteiger partial charge in [-0.15, -0.1) is 0 Å². The molecular weight excluding hydrogens is 378 g/mol. The van der Waals surface area contributed by atoms with Gasteiger partial charge in [-0.25, -0.2) is 15.0 Å². The van der Waals surface area contributed by atoms with Gasteiger partial charge in [0.05, 0.1) is 0 Å². The van der Waals surface area contributed by atoms with Crippen LogP contribution in [0.4, 0.5) is 5.82 Å². The first kappa shape index (κ1) is 18.7. The summed E-state index contributed by atoms with van der Waals surface area (Å²) < 4.78 is 1.75. The third kappa shape index (κ3) is 3.96. The van der Waals surface area contributed by atoms with Gasteiger partial charge >= 0.3 is 0 Å². The first-order valence-corrected chi connectivity index (χ1v) is 10.5. The van der Waals surface area contributed by atoms with E-state index in [-0.39, 0.29) is 11.8 Å². The summed E-state index contributed by atoms with van der Waals surface area (Å²) in [5, 5.41) is 0. The molecule has 28 heavy (non-hydrogen) atoms. The fraction of sp³-hybridized carbons (Fsp3) is 0.500. The van der Waals surface area contributed by atoms with Crippen LogP contribution in [0.15, 0.2) is 24.9 Å². The van der Waals surface area contributed by atoms with Gasteiger partial charge < -0.3 is 14.7 Å². The van der Waals surface area contributed by atoms with Gasteiger partial charge in [-0.2, -0.15) is 11.8 Å². The molecule has 4 heterocycles. The summed E-state index contributed by atoms with van der Waals surface area (Å²) >= 11 is 1.95. The lowest BCUT2D eigenvalue weighted by Crippen LogP contribution is -2.50. The predicted octanol–water partition coefficient (Wildman–Crippen LogP) is 0.520. The SMILES string of the molecule is CC(=O)N1CCN(C(=O)c2cn(-c3cc(N4CCSCC4)ncn3)cn2)CC1. The molecule has 10 heteroatoms. The van der Waals surface area contributed by atoms with Crippen molar-refractivity contribution < 1.29 is 9.59 Å². The number of thioether (sulfide) groups is 1. The molecule has 2 amide bonds. The Kier molecular flexibility index (Phi) is 5.47. The number of aromatic nitrogens is 4. The van der Waals surface area contributed by atoms with Crippen molar-refractivity contribution in [2.45, 2.75) is 6.92 Å². The lowest BCUT2D eigenvalue weighted by atomic mass is 10.3. The van der Waals surface area contributed by atoms with Gasteiger partial charge in [-0.05, 0) is 0 Å². The lowest BCUT2D eigenvalue weighted by molar-refractivity contribution is -0.130. The monoisotopic (exact) mass is 401 g/mol. The Morgan fingerprint density at radius 2 is 1.61 bits per heavy atom. The van der Waals surface area contributed by atoms with E-state index in [9.17, 15) is 9.59 Å². The normalized spacial score (nSPS) is 17.7. The molecule has 2 saturated heterocycles. The third-order valence-corrected chi connectivity index (χ3v) is 5.99. The highest BCUT2D eigenvalue weighted by Crippen LogP contribution is 2.19. The Bertz CT molecular complexity index is 857. The number of carbonyl (C=O) groups excluding carboxylic acids is 2. The summed E-state index contributed by atoms with van der Waals surface area (Å²) in [7, 11) is 0. The second-order valence-electron chi connectivity index (χ2n) is 6.80. The zero-order valence-corrected chi connectivity index (χ0v) is 16.6. The van der Waals surface area contributed by atoms with Crippen molar-refractivity contribution in [2.75, 3.05) is 55.7 Å². The molecule has 0 spiro atoms. The number of hydrogen-bond acceptors (Lipinski definition) is 7. The van der Waals surface area contributed by atoms with E-state index >= 15 is 0 Å². The van der Waals surface area contributed by atoms with Gasteiger partial charge in [-0.3, -0.25) is 14.2 Å². The number of nitrogens with zero attached hydrogens (tertiary/aromatic N) is 7. The molecule has 0 saturated carbocycles. The summed E-state index contributed by atoms with van der Waals surface area (Å²) in [6.45, 7) is 5.67. The maximum Gasteiger partial charge on any atom is 0.274 e. The Labute approximate surface area is 167 Å². The van der Waals surface area contributed by atoms with Gasteiger partial charge in [0.1, 0.15) is 30.0 Å². The number of carbonyl (C=O) groups is 2. The molecule has 148 valence electrons. The van der Waals surface area contributed by atoms with Gasteiger partial charge in [0, 0.05) is 70.0 Å². The van der Waals surface area contributed by atoms with Crippen LogP contribution in [-0.4, -0.2) is 91.9 Å². The highest BCUT2D eigenvalue weighted by molar-refractivity contribution is 7.99. The van der Waals surface area contributed by atoms with E-state index in [0.29, 0.717) is 37.7 Å². The smallest absolute Gasteiger partial charge is 0.274 e. The van der Waals surface area contributed by atoms with E-state index in [0.717, 1.165) is 30.4 Å². The molecule has 2 fully saturated rings. The van der Waals surface area contributed by atoms with E-state index in [4.69, 9.17) is 0 Å².